The maximum Gasteiger partial charge on any atom is 0.266 e. The number of rotatable bonds is 5. The second kappa shape index (κ2) is 9.20. The van der Waals surface area contributed by atoms with Crippen LogP contribution in [0.4, 0.5) is 19.7 Å². The van der Waals surface area contributed by atoms with E-state index >= 15 is 0 Å². The molecule has 5 aromatic heterocycles. The van der Waals surface area contributed by atoms with Gasteiger partial charge in [0.1, 0.15) is 35.1 Å². The minimum Gasteiger partial charge on any atom is -0.383 e. The van der Waals surface area contributed by atoms with Crippen LogP contribution in [-0.4, -0.2) is 48.2 Å². The Kier molecular flexibility index (Phi) is 5.79. The van der Waals surface area contributed by atoms with Gasteiger partial charge in [-0.25, -0.2) is 33.4 Å². The van der Waals surface area contributed by atoms with Gasteiger partial charge in [-0.1, -0.05) is 23.5 Å². The third-order valence-electron chi connectivity index (χ3n) is 6.32. The lowest BCUT2D eigenvalue weighted by atomic mass is 10.0. The van der Waals surface area contributed by atoms with Crippen LogP contribution in [-0.2, 0) is 0 Å². The minimum atomic E-state index is -0.669. The molecular formula is C26H21F2N9OS. The molecule has 0 aliphatic rings. The summed E-state index contributed by atoms with van der Waals surface area (Å²) >= 11 is 1.43. The molecular weight excluding hydrogens is 524 g/mol. The van der Waals surface area contributed by atoms with Crippen molar-refractivity contribution in [2.45, 2.75) is 13.0 Å². The lowest BCUT2D eigenvalue weighted by molar-refractivity contribution is 0.566. The number of nitrogens with two attached hydrogens (primary N) is 1. The Labute approximate surface area is 224 Å². The highest BCUT2D eigenvalue weighted by atomic mass is 32.1. The number of pyridine rings is 1. The van der Waals surface area contributed by atoms with Crippen LogP contribution in [0.3, 0.4) is 0 Å². The Morgan fingerprint density at radius 3 is 2.64 bits per heavy atom. The maximum absolute atomic E-state index is 14.3. The molecule has 13 heteroatoms. The van der Waals surface area contributed by atoms with Gasteiger partial charge in [0.25, 0.3) is 5.56 Å². The molecule has 196 valence electrons. The van der Waals surface area contributed by atoms with Crippen molar-refractivity contribution < 1.29 is 8.78 Å². The molecule has 5 heterocycles. The highest BCUT2D eigenvalue weighted by Crippen LogP contribution is 2.38. The van der Waals surface area contributed by atoms with Gasteiger partial charge in [0, 0.05) is 26.5 Å². The number of nitrogens with zero attached hydrogens (tertiary/aromatic N) is 8. The number of aromatic nitrogens is 7. The van der Waals surface area contributed by atoms with Crippen molar-refractivity contribution in [3.8, 4) is 21.7 Å². The van der Waals surface area contributed by atoms with E-state index in [-0.39, 0.29) is 17.0 Å². The Morgan fingerprint density at radius 2 is 1.90 bits per heavy atom. The van der Waals surface area contributed by atoms with Crippen LogP contribution in [0.15, 0.2) is 59.9 Å². The van der Waals surface area contributed by atoms with Crippen molar-refractivity contribution in [1.29, 1.82) is 0 Å². The summed E-state index contributed by atoms with van der Waals surface area (Å²) in [5.74, 6) is -0.890. The fraction of sp³-hybridized carbons (Fsp3) is 0.154. The van der Waals surface area contributed by atoms with Crippen molar-refractivity contribution >= 4 is 39.0 Å². The summed E-state index contributed by atoms with van der Waals surface area (Å²) in [6.07, 6.45) is 4.10. The molecule has 0 aliphatic heterocycles. The van der Waals surface area contributed by atoms with E-state index in [1.807, 2.05) is 19.0 Å². The average Bonchev–Trinajstić information content (AvgIpc) is 3.55. The number of hydrogen-bond acceptors (Lipinski definition) is 9. The standard InChI is InChI=1S/C26H21F2N9OS/c1-13(37-24-20(23(29)31-12-32-24)22(34-37)17-10-30-26(39-17)35(2)3)21-19(14-5-4-6-15(27)9-14)25(38)36-11-16(28)7-8-18(36)33-21/h4-13H,1-3H3,(H2,29,31,32)/t13-/m0/s1. The number of thiazole rings is 1. The fourth-order valence-corrected chi connectivity index (χ4v) is 5.31. The normalized spacial score (nSPS) is 12.3. The summed E-state index contributed by atoms with van der Waals surface area (Å²) < 4.78 is 31.1. The summed E-state index contributed by atoms with van der Waals surface area (Å²) in [6, 6.07) is 7.60. The molecule has 0 radical (unpaired) electrons. The number of nitrogen functional groups attached to an aromatic ring is 1. The van der Waals surface area contributed by atoms with E-state index in [0.29, 0.717) is 28.0 Å². The lowest BCUT2D eigenvalue weighted by Crippen LogP contribution is -2.23. The summed E-state index contributed by atoms with van der Waals surface area (Å²) in [5.41, 5.74) is 7.66. The van der Waals surface area contributed by atoms with E-state index in [2.05, 4.69) is 15.0 Å². The second-order valence-electron chi connectivity index (χ2n) is 9.09. The van der Waals surface area contributed by atoms with E-state index in [0.717, 1.165) is 20.6 Å². The van der Waals surface area contributed by atoms with E-state index in [4.69, 9.17) is 15.8 Å². The van der Waals surface area contributed by atoms with Gasteiger partial charge in [0.2, 0.25) is 0 Å². The zero-order valence-electron chi connectivity index (χ0n) is 21.0. The van der Waals surface area contributed by atoms with Crippen LogP contribution < -0.4 is 16.2 Å². The molecule has 0 saturated carbocycles. The van der Waals surface area contributed by atoms with Crippen LogP contribution >= 0.6 is 11.3 Å². The van der Waals surface area contributed by atoms with Gasteiger partial charge in [-0.05, 0) is 36.8 Å². The van der Waals surface area contributed by atoms with E-state index < -0.39 is 23.2 Å². The van der Waals surface area contributed by atoms with Gasteiger partial charge in [0.05, 0.1) is 27.6 Å². The average molecular weight is 546 g/mol. The van der Waals surface area contributed by atoms with Gasteiger partial charge in [-0.15, -0.1) is 0 Å². The molecule has 0 fully saturated rings. The Bertz CT molecular complexity index is 1950. The highest BCUT2D eigenvalue weighted by Gasteiger charge is 2.27. The molecule has 6 rings (SSSR count). The first-order chi connectivity index (χ1) is 18.7. The van der Waals surface area contributed by atoms with Crippen LogP contribution in [0.2, 0.25) is 0 Å². The largest absolute Gasteiger partial charge is 0.383 e. The minimum absolute atomic E-state index is 0.116. The van der Waals surface area contributed by atoms with Crippen LogP contribution in [0.5, 0.6) is 0 Å². The van der Waals surface area contributed by atoms with Crippen molar-refractivity contribution in [2.75, 3.05) is 24.7 Å². The molecule has 0 saturated heterocycles. The molecule has 39 heavy (non-hydrogen) atoms. The number of benzene rings is 1. The van der Waals surface area contributed by atoms with Gasteiger partial charge < -0.3 is 10.6 Å². The van der Waals surface area contributed by atoms with Gasteiger partial charge in [-0.3, -0.25) is 9.20 Å². The molecule has 10 nitrogen and oxygen atoms in total. The zero-order valence-corrected chi connectivity index (χ0v) is 21.8. The Balaban J connectivity index is 1.63. The SMILES string of the molecule is C[C@@H](c1nc2ccc(F)cn2c(=O)c1-c1cccc(F)c1)n1nc(-c2cnc(N(C)C)s2)c2c(N)ncnc21. The molecule has 6 aromatic rings. The van der Waals surface area contributed by atoms with Crippen molar-refractivity contribution in [3.05, 3.63) is 82.8 Å². The topological polar surface area (TPSA) is 120 Å². The monoisotopic (exact) mass is 545 g/mol. The zero-order chi connectivity index (χ0) is 27.4. The number of anilines is 2. The Morgan fingerprint density at radius 1 is 1.08 bits per heavy atom. The summed E-state index contributed by atoms with van der Waals surface area (Å²) in [6.45, 7) is 1.80. The van der Waals surface area contributed by atoms with E-state index in [1.54, 1.807) is 23.9 Å². The predicted octanol–water partition coefficient (Wildman–Crippen LogP) is 4.16. The highest BCUT2D eigenvalue weighted by molar-refractivity contribution is 7.19. The van der Waals surface area contributed by atoms with Crippen LogP contribution in [0.25, 0.3) is 38.4 Å². The maximum atomic E-state index is 14.3. The molecule has 0 unspecified atom stereocenters. The molecule has 0 amide bonds. The smallest absolute Gasteiger partial charge is 0.266 e. The number of hydrogen-bond donors (Lipinski definition) is 1. The third-order valence-corrected chi connectivity index (χ3v) is 7.49. The number of fused-ring (bicyclic) bond motifs is 2. The molecule has 0 bridgehead atoms. The first-order valence-electron chi connectivity index (χ1n) is 11.8. The van der Waals surface area contributed by atoms with Crippen molar-refractivity contribution in [1.82, 2.24) is 34.1 Å². The van der Waals surface area contributed by atoms with Crippen molar-refractivity contribution in [2.24, 2.45) is 0 Å². The van der Waals surface area contributed by atoms with Crippen LogP contribution in [0, 0.1) is 11.6 Å². The predicted molar refractivity (Wildman–Crippen MR) is 146 cm³/mol. The summed E-state index contributed by atoms with van der Waals surface area (Å²) in [5, 5.41) is 6.16. The molecule has 1 atom stereocenters. The molecule has 0 aliphatic carbocycles. The van der Waals surface area contributed by atoms with Crippen molar-refractivity contribution in [3.63, 3.8) is 0 Å². The second-order valence-corrected chi connectivity index (χ2v) is 10.1. The van der Waals surface area contributed by atoms with Gasteiger partial charge in [0.15, 0.2) is 10.8 Å². The molecule has 2 N–H and O–H groups in total. The Hall–Kier alpha value is -4.78. The first kappa shape index (κ1) is 24.6. The fourth-order valence-electron chi connectivity index (χ4n) is 4.48. The molecule has 0 spiro atoms. The quantitative estimate of drug-likeness (QED) is 0.343. The summed E-state index contributed by atoms with van der Waals surface area (Å²) in [4.78, 5) is 34.1. The third kappa shape index (κ3) is 4.07. The first-order valence-corrected chi connectivity index (χ1v) is 12.6. The summed E-state index contributed by atoms with van der Waals surface area (Å²) in [7, 11) is 3.78. The van der Waals surface area contributed by atoms with Gasteiger partial charge >= 0.3 is 0 Å². The molecule has 1 aromatic carbocycles. The van der Waals surface area contributed by atoms with E-state index in [9.17, 15) is 13.6 Å². The van der Waals surface area contributed by atoms with Gasteiger partial charge in [-0.2, -0.15) is 5.10 Å². The van der Waals surface area contributed by atoms with E-state index in [1.165, 1.54) is 48.0 Å². The number of halogens is 2. The van der Waals surface area contributed by atoms with Crippen LogP contribution in [0.1, 0.15) is 18.7 Å². The lowest BCUT2D eigenvalue weighted by Gasteiger charge is -2.18.